The second-order valence-electron chi connectivity index (χ2n) is 12.1. The van der Waals surface area contributed by atoms with Crippen molar-refractivity contribution >= 4 is 28.4 Å². The Morgan fingerprint density at radius 2 is 1.63 bits per heavy atom. The van der Waals surface area contributed by atoms with Crippen molar-refractivity contribution in [2.24, 2.45) is 0 Å². The fourth-order valence-corrected chi connectivity index (χ4v) is 5.57. The highest BCUT2D eigenvalue weighted by Gasteiger charge is 2.22. The lowest BCUT2D eigenvalue weighted by Crippen LogP contribution is -2.43. The van der Waals surface area contributed by atoms with Crippen LogP contribution in [0.3, 0.4) is 0 Å². The van der Waals surface area contributed by atoms with Gasteiger partial charge in [0.15, 0.2) is 0 Å². The molecule has 0 saturated carbocycles. The first-order chi connectivity index (χ1) is 23.5. The van der Waals surface area contributed by atoms with Gasteiger partial charge < -0.3 is 20.3 Å². The lowest BCUT2D eigenvalue weighted by molar-refractivity contribution is 0.0911. The summed E-state index contributed by atoms with van der Waals surface area (Å²) in [4.78, 5) is 63.6. The number of aromatic nitrogens is 4. The lowest BCUT2D eigenvalue weighted by Gasteiger charge is -2.29. The maximum atomic E-state index is 14.0. The number of carbonyl (C=O) groups excluding carboxylic acids is 2. The van der Waals surface area contributed by atoms with Crippen molar-refractivity contribution in [2.45, 2.75) is 38.8 Å². The van der Waals surface area contributed by atoms with E-state index in [2.05, 4.69) is 32.5 Å². The SMILES string of the molecule is CC(C)n1cc(C(=O)Nc2ccc(Oc3ccnc4cnc(C(=O)NC5CCN(C)CC5)cc34)cc2)c(=O)n(-c2cc(F)cc(F)c2)c1=O. The van der Waals surface area contributed by atoms with Gasteiger partial charge in [0.05, 0.1) is 17.4 Å². The van der Waals surface area contributed by atoms with Crippen molar-refractivity contribution in [3.8, 4) is 17.2 Å². The Hall–Kier alpha value is -5.76. The Balaban J connectivity index is 1.21. The molecule has 4 heterocycles. The number of fused-ring (bicyclic) bond motifs is 1. The number of nitrogens with zero attached hydrogens (tertiary/aromatic N) is 5. The number of anilines is 1. The number of rotatable bonds is 8. The molecule has 12 nitrogen and oxygen atoms in total. The Morgan fingerprint density at radius 3 is 2.31 bits per heavy atom. The lowest BCUT2D eigenvalue weighted by atomic mass is 10.1. The number of carbonyl (C=O) groups is 2. The van der Waals surface area contributed by atoms with Crippen LogP contribution in [0, 0.1) is 11.6 Å². The molecule has 1 saturated heterocycles. The Labute approximate surface area is 279 Å². The van der Waals surface area contributed by atoms with Gasteiger partial charge in [-0.2, -0.15) is 0 Å². The third-order valence-electron chi connectivity index (χ3n) is 8.23. The van der Waals surface area contributed by atoms with Gasteiger partial charge in [-0.15, -0.1) is 0 Å². The van der Waals surface area contributed by atoms with Crippen LogP contribution < -0.4 is 26.6 Å². The topological polar surface area (TPSA) is 140 Å². The number of halogens is 2. The van der Waals surface area contributed by atoms with Gasteiger partial charge in [0, 0.05) is 41.6 Å². The van der Waals surface area contributed by atoms with Crippen LogP contribution >= 0.6 is 0 Å². The van der Waals surface area contributed by atoms with Crippen LogP contribution in [0.5, 0.6) is 11.5 Å². The standard InChI is InChI=1S/C35H33F2N7O5/c1-20(2)43-19-28(34(47)44(35(43)48)25-15-21(36)14-22(37)16-25)32(45)40-23-4-6-26(7-5-23)49-31-8-11-38-30-18-39-29(17-27(30)31)33(46)41-24-9-12-42(3)13-10-24/h4-8,11,14-20,24H,9-10,12-13H2,1-3H3,(H,40,45)(H,41,46). The predicted octanol–water partition coefficient (Wildman–Crippen LogP) is 4.67. The molecule has 2 amide bonds. The minimum Gasteiger partial charge on any atom is -0.457 e. The molecular formula is C35H33F2N7O5. The van der Waals surface area contributed by atoms with Crippen LogP contribution in [-0.4, -0.2) is 62.0 Å². The summed E-state index contributed by atoms with van der Waals surface area (Å²) in [5.74, 6) is -2.24. The molecule has 252 valence electrons. The molecule has 6 rings (SSSR count). The molecule has 1 aliphatic rings. The normalized spacial score (nSPS) is 13.8. The van der Waals surface area contributed by atoms with Crippen molar-refractivity contribution in [3.63, 3.8) is 0 Å². The average Bonchev–Trinajstić information content (AvgIpc) is 3.06. The fourth-order valence-electron chi connectivity index (χ4n) is 5.57. The fraction of sp³-hybridized carbons (Fsp3) is 0.257. The van der Waals surface area contributed by atoms with E-state index in [0.717, 1.165) is 48.8 Å². The van der Waals surface area contributed by atoms with Gasteiger partial charge in [-0.05, 0) is 95.4 Å². The van der Waals surface area contributed by atoms with Crippen LogP contribution in [0.15, 0.2) is 82.8 Å². The minimum absolute atomic E-state index is 0.0749. The minimum atomic E-state index is -1.04. The van der Waals surface area contributed by atoms with E-state index in [9.17, 15) is 28.0 Å². The highest BCUT2D eigenvalue weighted by Crippen LogP contribution is 2.30. The van der Waals surface area contributed by atoms with E-state index in [1.54, 1.807) is 56.4 Å². The zero-order valence-electron chi connectivity index (χ0n) is 26.9. The first kappa shape index (κ1) is 33.2. The maximum Gasteiger partial charge on any atom is 0.335 e. The Kier molecular flexibility index (Phi) is 9.31. The Bertz CT molecular complexity index is 2150. The third kappa shape index (κ3) is 7.23. The van der Waals surface area contributed by atoms with E-state index in [1.807, 2.05) is 0 Å². The van der Waals surface area contributed by atoms with Crippen molar-refractivity contribution in [1.82, 2.24) is 29.3 Å². The molecule has 0 radical (unpaired) electrons. The molecule has 3 aromatic heterocycles. The maximum absolute atomic E-state index is 14.0. The van der Waals surface area contributed by atoms with E-state index in [-0.39, 0.29) is 23.3 Å². The quantitative estimate of drug-likeness (QED) is 0.243. The highest BCUT2D eigenvalue weighted by molar-refractivity contribution is 6.04. The summed E-state index contributed by atoms with van der Waals surface area (Å²) >= 11 is 0. The van der Waals surface area contributed by atoms with Gasteiger partial charge in [-0.3, -0.25) is 23.9 Å². The molecule has 0 aliphatic carbocycles. The summed E-state index contributed by atoms with van der Waals surface area (Å²) in [6.45, 7) is 5.14. The summed E-state index contributed by atoms with van der Waals surface area (Å²) in [5.41, 5.74) is -1.57. The average molecular weight is 670 g/mol. The summed E-state index contributed by atoms with van der Waals surface area (Å²) in [5, 5.41) is 6.27. The molecular weight excluding hydrogens is 636 g/mol. The van der Waals surface area contributed by atoms with Gasteiger partial charge in [0.1, 0.15) is 34.4 Å². The number of hydrogen-bond donors (Lipinski definition) is 2. The van der Waals surface area contributed by atoms with E-state index in [4.69, 9.17) is 4.74 Å². The van der Waals surface area contributed by atoms with Crippen LogP contribution in [0.1, 0.15) is 53.6 Å². The second-order valence-corrected chi connectivity index (χ2v) is 12.1. The predicted molar refractivity (Wildman–Crippen MR) is 179 cm³/mol. The van der Waals surface area contributed by atoms with Crippen molar-refractivity contribution in [1.29, 1.82) is 0 Å². The number of pyridine rings is 2. The van der Waals surface area contributed by atoms with Gasteiger partial charge in [-0.1, -0.05) is 0 Å². The van der Waals surface area contributed by atoms with Gasteiger partial charge in [0.2, 0.25) is 0 Å². The molecule has 1 aliphatic heterocycles. The van der Waals surface area contributed by atoms with Gasteiger partial charge in [-0.25, -0.2) is 23.1 Å². The highest BCUT2D eigenvalue weighted by atomic mass is 19.1. The van der Waals surface area contributed by atoms with E-state index in [1.165, 1.54) is 6.20 Å². The van der Waals surface area contributed by atoms with Crippen molar-refractivity contribution in [2.75, 3.05) is 25.5 Å². The number of likely N-dealkylation sites (tertiary alicyclic amines) is 1. The van der Waals surface area contributed by atoms with Crippen LogP contribution in [0.25, 0.3) is 16.6 Å². The van der Waals surface area contributed by atoms with Crippen LogP contribution in [0.4, 0.5) is 14.5 Å². The first-order valence-electron chi connectivity index (χ1n) is 15.6. The zero-order chi connectivity index (χ0) is 34.8. The molecule has 0 atom stereocenters. The van der Waals surface area contributed by atoms with Gasteiger partial charge in [0.25, 0.3) is 17.4 Å². The smallest absolute Gasteiger partial charge is 0.335 e. The monoisotopic (exact) mass is 669 g/mol. The largest absolute Gasteiger partial charge is 0.457 e. The molecule has 1 fully saturated rings. The number of amides is 2. The van der Waals surface area contributed by atoms with E-state index >= 15 is 0 Å². The number of piperidine rings is 1. The molecule has 0 bridgehead atoms. The summed E-state index contributed by atoms with van der Waals surface area (Å²) in [6.07, 6.45) is 5.93. The van der Waals surface area contributed by atoms with Gasteiger partial charge >= 0.3 is 5.69 Å². The molecule has 14 heteroatoms. The summed E-state index contributed by atoms with van der Waals surface area (Å²) in [6, 6.07) is 11.5. The molecule has 5 aromatic rings. The number of nitrogens with one attached hydrogen (secondary N) is 2. The Morgan fingerprint density at radius 1 is 0.939 bits per heavy atom. The van der Waals surface area contributed by atoms with Crippen LogP contribution in [0.2, 0.25) is 0 Å². The van der Waals surface area contributed by atoms with E-state index in [0.29, 0.717) is 38.7 Å². The summed E-state index contributed by atoms with van der Waals surface area (Å²) in [7, 11) is 2.05. The molecule has 2 aromatic carbocycles. The van der Waals surface area contributed by atoms with Crippen LogP contribution in [-0.2, 0) is 0 Å². The third-order valence-corrected chi connectivity index (χ3v) is 8.23. The van der Waals surface area contributed by atoms with Crippen molar-refractivity contribution < 1.29 is 23.1 Å². The zero-order valence-corrected chi connectivity index (χ0v) is 26.9. The van der Waals surface area contributed by atoms with Crippen molar-refractivity contribution in [3.05, 3.63) is 117 Å². The first-order valence-corrected chi connectivity index (χ1v) is 15.6. The molecule has 2 N–H and O–H groups in total. The second kappa shape index (κ2) is 13.8. The number of hydrogen-bond acceptors (Lipinski definition) is 8. The molecule has 0 spiro atoms. The summed E-state index contributed by atoms with van der Waals surface area (Å²) < 4.78 is 35.8. The number of benzene rings is 2. The van der Waals surface area contributed by atoms with E-state index < -0.39 is 40.4 Å². The number of ether oxygens (including phenoxy) is 1. The molecule has 49 heavy (non-hydrogen) atoms. The molecule has 0 unspecified atom stereocenters.